The summed E-state index contributed by atoms with van der Waals surface area (Å²) in [5.41, 5.74) is 0.534. The van der Waals surface area contributed by atoms with Crippen LogP contribution in [0.25, 0.3) is 10.9 Å². The van der Waals surface area contributed by atoms with Crippen LogP contribution in [0.5, 0.6) is 0 Å². The van der Waals surface area contributed by atoms with Crippen molar-refractivity contribution in [1.82, 2.24) is 4.57 Å². The summed E-state index contributed by atoms with van der Waals surface area (Å²) in [4.78, 5) is 23.2. The van der Waals surface area contributed by atoms with Gasteiger partial charge in [-0.1, -0.05) is 15.9 Å². The fourth-order valence-electron chi connectivity index (χ4n) is 1.78. The van der Waals surface area contributed by atoms with Gasteiger partial charge < -0.3 is 4.74 Å². The molecule has 0 saturated heterocycles. The van der Waals surface area contributed by atoms with Gasteiger partial charge in [0.15, 0.2) is 6.29 Å². The number of aromatic nitrogens is 1. The molecule has 0 unspecified atom stereocenters. The van der Waals surface area contributed by atoms with Crippen LogP contribution < -0.4 is 0 Å². The normalized spacial score (nSPS) is 11.6. The molecule has 0 aliphatic carbocycles. The molecule has 0 saturated carbocycles. The van der Waals surface area contributed by atoms with Crippen molar-refractivity contribution in [2.45, 2.75) is 26.4 Å². The minimum Gasteiger partial charge on any atom is -0.443 e. The Labute approximate surface area is 119 Å². The van der Waals surface area contributed by atoms with Gasteiger partial charge in [0.25, 0.3) is 0 Å². The maximum Gasteiger partial charge on any atom is 0.419 e. The SMILES string of the molecule is CC(C)(C)OC(=O)n1cc(C=O)c2cc(Br)ccc21. The maximum atomic E-state index is 12.1. The standard InChI is InChI=1S/C14H14BrNO3/c1-14(2,3)19-13(18)16-7-9(8-17)11-6-10(15)4-5-12(11)16/h4-8H,1-3H3. The van der Waals surface area contributed by atoms with Crippen molar-refractivity contribution < 1.29 is 14.3 Å². The van der Waals surface area contributed by atoms with E-state index in [1.807, 2.05) is 6.07 Å². The largest absolute Gasteiger partial charge is 0.443 e. The number of ether oxygens (including phenoxy) is 1. The van der Waals surface area contributed by atoms with E-state index in [0.29, 0.717) is 11.1 Å². The molecule has 0 bridgehead atoms. The molecular formula is C14H14BrNO3. The lowest BCUT2D eigenvalue weighted by Gasteiger charge is -2.19. The van der Waals surface area contributed by atoms with E-state index in [1.165, 1.54) is 10.8 Å². The second kappa shape index (κ2) is 4.81. The number of nitrogens with zero attached hydrogens (tertiary/aromatic N) is 1. The number of carbonyl (C=O) groups excluding carboxylic acids is 2. The van der Waals surface area contributed by atoms with Gasteiger partial charge in [-0.05, 0) is 39.0 Å². The Bertz CT molecular complexity index is 652. The molecule has 0 radical (unpaired) electrons. The number of hydrogen-bond acceptors (Lipinski definition) is 3. The van der Waals surface area contributed by atoms with Crippen LogP contribution in [0.1, 0.15) is 31.1 Å². The molecule has 0 aliphatic heterocycles. The minimum absolute atomic E-state index is 0.460. The molecule has 1 heterocycles. The van der Waals surface area contributed by atoms with Crippen LogP contribution in [0.3, 0.4) is 0 Å². The zero-order chi connectivity index (χ0) is 14.2. The first kappa shape index (κ1) is 13.8. The number of aldehydes is 1. The molecule has 5 heteroatoms. The molecular weight excluding hydrogens is 310 g/mol. The lowest BCUT2D eigenvalue weighted by Crippen LogP contribution is -2.26. The zero-order valence-electron chi connectivity index (χ0n) is 10.9. The van der Waals surface area contributed by atoms with E-state index in [-0.39, 0.29) is 0 Å². The fraction of sp³-hybridized carbons (Fsp3) is 0.286. The molecule has 100 valence electrons. The highest BCUT2D eigenvalue weighted by Crippen LogP contribution is 2.25. The van der Waals surface area contributed by atoms with E-state index in [0.717, 1.165) is 16.1 Å². The van der Waals surface area contributed by atoms with Gasteiger partial charge >= 0.3 is 6.09 Å². The van der Waals surface area contributed by atoms with E-state index in [2.05, 4.69) is 15.9 Å². The van der Waals surface area contributed by atoms with E-state index in [1.54, 1.807) is 32.9 Å². The van der Waals surface area contributed by atoms with Gasteiger partial charge in [0.05, 0.1) is 5.52 Å². The summed E-state index contributed by atoms with van der Waals surface area (Å²) in [7, 11) is 0. The van der Waals surface area contributed by atoms with Crippen LogP contribution in [-0.4, -0.2) is 22.5 Å². The predicted molar refractivity (Wildman–Crippen MR) is 76.7 cm³/mol. The highest BCUT2D eigenvalue weighted by molar-refractivity contribution is 9.10. The minimum atomic E-state index is -0.579. The summed E-state index contributed by atoms with van der Waals surface area (Å²) in [5, 5.41) is 0.718. The van der Waals surface area contributed by atoms with Crippen molar-refractivity contribution in [2.75, 3.05) is 0 Å². The Morgan fingerprint density at radius 2 is 2.05 bits per heavy atom. The average Bonchev–Trinajstić information content (AvgIpc) is 2.64. The van der Waals surface area contributed by atoms with Crippen LogP contribution in [0.15, 0.2) is 28.9 Å². The van der Waals surface area contributed by atoms with Crippen molar-refractivity contribution in [3.63, 3.8) is 0 Å². The molecule has 19 heavy (non-hydrogen) atoms. The van der Waals surface area contributed by atoms with Crippen LogP contribution in [-0.2, 0) is 4.74 Å². The lowest BCUT2D eigenvalue weighted by molar-refractivity contribution is 0.0544. The first-order chi connectivity index (χ1) is 8.81. The number of fused-ring (bicyclic) bond motifs is 1. The third-order valence-electron chi connectivity index (χ3n) is 2.51. The highest BCUT2D eigenvalue weighted by atomic mass is 79.9. The van der Waals surface area contributed by atoms with E-state index in [4.69, 9.17) is 4.74 Å². The van der Waals surface area contributed by atoms with Crippen LogP contribution in [0, 0.1) is 0 Å². The fourth-order valence-corrected chi connectivity index (χ4v) is 2.14. The van der Waals surface area contributed by atoms with Crippen molar-refractivity contribution >= 4 is 39.2 Å². The van der Waals surface area contributed by atoms with E-state index in [9.17, 15) is 9.59 Å². The number of hydrogen-bond donors (Lipinski definition) is 0. The van der Waals surface area contributed by atoms with Crippen molar-refractivity contribution in [3.05, 3.63) is 34.4 Å². The molecule has 4 nitrogen and oxygen atoms in total. The predicted octanol–water partition coefficient (Wildman–Crippen LogP) is 4.00. The summed E-state index contributed by atoms with van der Waals surface area (Å²) >= 11 is 3.35. The second-order valence-corrected chi connectivity index (χ2v) is 6.13. The van der Waals surface area contributed by atoms with Crippen molar-refractivity contribution in [1.29, 1.82) is 0 Å². The van der Waals surface area contributed by atoms with Crippen LogP contribution in [0.4, 0.5) is 4.79 Å². The maximum absolute atomic E-state index is 12.1. The Balaban J connectivity index is 2.55. The Morgan fingerprint density at radius 3 is 2.63 bits per heavy atom. The molecule has 1 aromatic heterocycles. The third-order valence-corrected chi connectivity index (χ3v) is 3.01. The summed E-state index contributed by atoms with van der Waals surface area (Å²) in [6.45, 7) is 5.40. The van der Waals surface area contributed by atoms with Gasteiger partial charge in [0.2, 0.25) is 0 Å². The Kier molecular flexibility index (Phi) is 3.49. The number of halogens is 1. The molecule has 0 aliphatic rings. The molecule has 2 rings (SSSR count). The highest BCUT2D eigenvalue weighted by Gasteiger charge is 2.20. The summed E-state index contributed by atoms with van der Waals surface area (Å²) in [6, 6.07) is 5.40. The topological polar surface area (TPSA) is 48.3 Å². The average molecular weight is 324 g/mol. The molecule has 0 spiro atoms. The lowest BCUT2D eigenvalue weighted by atomic mass is 10.2. The first-order valence-corrected chi connectivity index (χ1v) is 6.60. The molecule has 0 N–H and O–H groups in total. The smallest absolute Gasteiger partial charge is 0.419 e. The van der Waals surface area contributed by atoms with E-state index < -0.39 is 11.7 Å². The molecule has 1 aromatic carbocycles. The second-order valence-electron chi connectivity index (χ2n) is 5.21. The van der Waals surface area contributed by atoms with Gasteiger partial charge in [-0.3, -0.25) is 9.36 Å². The third kappa shape index (κ3) is 2.87. The van der Waals surface area contributed by atoms with Crippen LogP contribution in [0.2, 0.25) is 0 Å². The zero-order valence-corrected chi connectivity index (χ0v) is 12.5. The quantitative estimate of drug-likeness (QED) is 0.745. The number of carbonyl (C=O) groups is 2. The Morgan fingerprint density at radius 1 is 1.37 bits per heavy atom. The number of benzene rings is 1. The molecule has 0 atom stereocenters. The summed E-state index contributed by atoms with van der Waals surface area (Å²) < 4.78 is 7.53. The van der Waals surface area contributed by atoms with Gasteiger partial charge in [-0.2, -0.15) is 0 Å². The number of rotatable bonds is 1. The summed E-state index contributed by atoms with van der Waals surface area (Å²) in [6.07, 6.45) is 1.74. The van der Waals surface area contributed by atoms with Gasteiger partial charge in [0.1, 0.15) is 5.60 Å². The van der Waals surface area contributed by atoms with Crippen molar-refractivity contribution in [3.8, 4) is 0 Å². The van der Waals surface area contributed by atoms with Gasteiger partial charge in [-0.25, -0.2) is 4.79 Å². The van der Waals surface area contributed by atoms with Gasteiger partial charge in [0, 0.05) is 21.6 Å². The monoisotopic (exact) mass is 323 g/mol. The molecule has 0 fully saturated rings. The Hall–Kier alpha value is -1.62. The first-order valence-electron chi connectivity index (χ1n) is 5.81. The summed E-state index contributed by atoms with van der Waals surface area (Å²) in [5.74, 6) is 0. The molecule has 2 aromatic rings. The van der Waals surface area contributed by atoms with Crippen LogP contribution >= 0.6 is 15.9 Å². The van der Waals surface area contributed by atoms with Gasteiger partial charge in [-0.15, -0.1) is 0 Å². The molecule has 0 amide bonds. The van der Waals surface area contributed by atoms with E-state index >= 15 is 0 Å². The van der Waals surface area contributed by atoms with Crippen molar-refractivity contribution in [2.24, 2.45) is 0 Å².